The smallest absolute Gasteiger partial charge is 0.0462 e. The van der Waals surface area contributed by atoms with Crippen LogP contribution >= 0.6 is 0 Å². The van der Waals surface area contributed by atoms with Crippen molar-refractivity contribution >= 4 is 0 Å². The summed E-state index contributed by atoms with van der Waals surface area (Å²) < 4.78 is 5.11. The molecule has 1 atom stereocenters. The van der Waals surface area contributed by atoms with E-state index in [0.717, 1.165) is 19.1 Å². The number of hydrogen-bond donors (Lipinski definition) is 1. The van der Waals surface area contributed by atoms with Crippen LogP contribution in [0.2, 0.25) is 0 Å². The van der Waals surface area contributed by atoms with E-state index in [1.54, 1.807) is 7.11 Å². The van der Waals surface area contributed by atoms with Crippen molar-refractivity contribution in [3.05, 3.63) is 35.4 Å². The monoisotopic (exact) mass is 249 g/mol. The quantitative estimate of drug-likeness (QED) is 0.679. The van der Waals surface area contributed by atoms with E-state index in [2.05, 4.69) is 36.5 Å². The molecule has 0 aromatic heterocycles. The number of unbranched alkanes of at least 4 members (excludes halogenated alkanes) is 1. The molecule has 0 heterocycles. The summed E-state index contributed by atoms with van der Waals surface area (Å²) in [6, 6.07) is 8.72. The van der Waals surface area contributed by atoms with Gasteiger partial charge in [0.25, 0.3) is 0 Å². The van der Waals surface area contributed by atoms with Crippen molar-refractivity contribution in [3.63, 3.8) is 0 Å². The van der Waals surface area contributed by atoms with Gasteiger partial charge in [-0.1, -0.05) is 30.7 Å². The van der Waals surface area contributed by atoms with Crippen LogP contribution < -0.4 is 5.32 Å². The van der Waals surface area contributed by atoms with Crippen molar-refractivity contribution in [1.29, 1.82) is 0 Å². The lowest BCUT2D eigenvalue weighted by Gasteiger charge is -2.17. The average molecular weight is 249 g/mol. The minimum Gasteiger partial charge on any atom is -0.385 e. The Hall–Kier alpha value is -0.860. The highest BCUT2D eigenvalue weighted by molar-refractivity contribution is 5.25. The summed E-state index contributed by atoms with van der Waals surface area (Å²) in [5.74, 6) is 0.730. The van der Waals surface area contributed by atoms with E-state index in [-0.39, 0.29) is 0 Å². The van der Waals surface area contributed by atoms with E-state index in [0.29, 0.717) is 0 Å². The Morgan fingerprint density at radius 1 is 1.22 bits per heavy atom. The van der Waals surface area contributed by atoms with Crippen molar-refractivity contribution < 1.29 is 4.74 Å². The number of aryl methyl sites for hydroxylation is 1. The van der Waals surface area contributed by atoms with Gasteiger partial charge >= 0.3 is 0 Å². The number of ether oxygens (including phenoxy) is 1. The fourth-order valence-corrected chi connectivity index (χ4v) is 2.39. The maximum atomic E-state index is 5.11. The lowest BCUT2D eigenvalue weighted by molar-refractivity contribution is 0.190. The third-order valence-electron chi connectivity index (χ3n) is 3.47. The fourth-order valence-electron chi connectivity index (χ4n) is 2.39. The molecule has 1 aromatic carbocycles. The molecule has 0 saturated carbocycles. The van der Waals surface area contributed by atoms with E-state index >= 15 is 0 Å². The van der Waals surface area contributed by atoms with Gasteiger partial charge in [-0.05, 0) is 56.8 Å². The maximum Gasteiger partial charge on any atom is 0.0462 e. The van der Waals surface area contributed by atoms with Crippen LogP contribution in [0.25, 0.3) is 0 Å². The van der Waals surface area contributed by atoms with Gasteiger partial charge in [0.05, 0.1) is 0 Å². The molecule has 0 radical (unpaired) electrons. The highest BCUT2D eigenvalue weighted by Gasteiger charge is 2.10. The maximum absolute atomic E-state index is 5.11. The van der Waals surface area contributed by atoms with Crippen molar-refractivity contribution in [3.8, 4) is 0 Å². The number of rotatable bonds is 9. The Kier molecular flexibility index (Phi) is 7.70. The van der Waals surface area contributed by atoms with Gasteiger partial charge in [-0.3, -0.25) is 0 Å². The first-order valence-electron chi connectivity index (χ1n) is 6.96. The van der Waals surface area contributed by atoms with Crippen LogP contribution in [0.3, 0.4) is 0 Å². The molecule has 0 spiro atoms. The molecule has 0 fully saturated rings. The molecule has 1 rings (SSSR count). The van der Waals surface area contributed by atoms with Crippen LogP contribution in [0.1, 0.15) is 30.4 Å². The van der Waals surface area contributed by atoms with Crippen molar-refractivity contribution in [1.82, 2.24) is 5.32 Å². The van der Waals surface area contributed by atoms with Crippen molar-refractivity contribution in [2.75, 3.05) is 27.3 Å². The molecule has 1 unspecified atom stereocenters. The lowest BCUT2D eigenvalue weighted by atomic mass is 9.92. The average Bonchev–Trinajstić information content (AvgIpc) is 2.37. The molecule has 1 aromatic rings. The SMILES string of the molecule is CNCC(CCCCOC)Cc1ccccc1C. The van der Waals surface area contributed by atoms with Gasteiger partial charge < -0.3 is 10.1 Å². The highest BCUT2D eigenvalue weighted by atomic mass is 16.5. The van der Waals surface area contributed by atoms with Gasteiger partial charge in [0, 0.05) is 13.7 Å². The largest absolute Gasteiger partial charge is 0.385 e. The number of hydrogen-bond acceptors (Lipinski definition) is 2. The summed E-state index contributed by atoms with van der Waals surface area (Å²) >= 11 is 0. The Morgan fingerprint density at radius 3 is 2.67 bits per heavy atom. The molecule has 0 bridgehead atoms. The second kappa shape index (κ2) is 9.12. The Balaban J connectivity index is 2.44. The van der Waals surface area contributed by atoms with Gasteiger partial charge in [0.2, 0.25) is 0 Å². The van der Waals surface area contributed by atoms with Gasteiger partial charge in [-0.15, -0.1) is 0 Å². The normalized spacial score (nSPS) is 12.6. The predicted octanol–water partition coefficient (Wildman–Crippen LogP) is 3.19. The number of methoxy groups -OCH3 is 1. The third kappa shape index (κ3) is 5.65. The zero-order chi connectivity index (χ0) is 13.2. The van der Waals surface area contributed by atoms with Crippen LogP contribution in [0, 0.1) is 12.8 Å². The minimum absolute atomic E-state index is 0.730. The van der Waals surface area contributed by atoms with Gasteiger partial charge in [-0.25, -0.2) is 0 Å². The van der Waals surface area contributed by atoms with E-state index in [9.17, 15) is 0 Å². The first-order chi connectivity index (χ1) is 8.77. The van der Waals surface area contributed by atoms with Gasteiger partial charge in [0.1, 0.15) is 0 Å². The number of nitrogens with one attached hydrogen (secondary N) is 1. The van der Waals surface area contributed by atoms with Crippen LogP contribution in [0.4, 0.5) is 0 Å². The molecule has 18 heavy (non-hydrogen) atoms. The second-order valence-corrected chi connectivity index (χ2v) is 5.04. The van der Waals surface area contributed by atoms with E-state index in [4.69, 9.17) is 4.74 Å². The highest BCUT2D eigenvalue weighted by Crippen LogP contribution is 2.17. The molecule has 2 nitrogen and oxygen atoms in total. The predicted molar refractivity (Wildman–Crippen MR) is 78.0 cm³/mol. The Labute approximate surface area is 112 Å². The molecule has 0 aliphatic rings. The van der Waals surface area contributed by atoms with E-state index in [1.165, 1.54) is 36.8 Å². The van der Waals surface area contributed by atoms with E-state index in [1.807, 2.05) is 7.05 Å². The Bertz CT molecular complexity index is 325. The minimum atomic E-state index is 0.730. The fraction of sp³-hybridized carbons (Fsp3) is 0.625. The summed E-state index contributed by atoms with van der Waals surface area (Å²) in [5.41, 5.74) is 2.90. The molecule has 0 amide bonds. The molecule has 0 saturated heterocycles. The van der Waals surface area contributed by atoms with Crippen LogP contribution in [-0.2, 0) is 11.2 Å². The molecule has 2 heteroatoms. The first-order valence-corrected chi connectivity index (χ1v) is 6.96. The molecular formula is C16H27NO. The van der Waals surface area contributed by atoms with Crippen molar-refractivity contribution in [2.24, 2.45) is 5.92 Å². The van der Waals surface area contributed by atoms with Crippen LogP contribution in [-0.4, -0.2) is 27.3 Å². The molecule has 1 N–H and O–H groups in total. The summed E-state index contributed by atoms with van der Waals surface area (Å²) in [7, 11) is 3.82. The van der Waals surface area contributed by atoms with E-state index < -0.39 is 0 Å². The lowest BCUT2D eigenvalue weighted by Crippen LogP contribution is -2.21. The van der Waals surface area contributed by atoms with Crippen LogP contribution in [0.5, 0.6) is 0 Å². The molecule has 102 valence electrons. The molecular weight excluding hydrogens is 222 g/mol. The van der Waals surface area contributed by atoms with Crippen LogP contribution in [0.15, 0.2) is 24.3 Å². The zero-order valence-corrected chi connectivity index (χ0v) is 12.0. The topological polar surface area (TPSA) is 21.3 Å². The van der Waals surface area contributed by atoms with Gasteiger partial charge in [0.15, 0.2) is 0 Å². The molecule has 0 aliphatic heterocycles. The Morgan fingerprint density at radius 2 is 2.00 bits per heavy atom. The summed E-state index contributed by atoms with van der Waals surface area (Å²) in [6.07, 6.45) is 4.88. The summed E-state index contributed by atoms with van der Waals surface area (Å²) in [4.78, 5) is 0. The standard InChI is InChI=1S/C16H27NO/c1-14-8-4-5-10-16(14)12-15(13-17-2)9-6-7-11-18-3/h4-5,8,10,15,17H,6-7,9,11-13H2,1-3H3. The molecule has 0 aliphatic carbocycles. The van der Waals surface area contributed by atoms with Crippen molar-refractivity contribution in [2.45, 2.75) is 32.6 Å². The summed E-state index contributed by atoms with van der Waals surface area (Å²) in [6.45, 7) is 4.19. The first kappa shape index (κ1) is 15.2. The summed E-state index contributed by atoms with van der Waals surface area (Å²) in [5, 5.41) is 3.32. The zero-order valence-electron chi connectivity index (χ0n) is 12.0. The van der Waals surface area contributed by atoms with Gasteiger partial charge in [-0.2, -0.15) is 0 Å². The second-order valence-electron chi connectivity index (χ2n) is 5.04. The number of benzene rings is 1. The third-order valence-corrected chi connectivity index (χ3v) is 3.47.